The topological polar surface area (TPSA) is 52.6 Å². The van der Waals surface area contributed by atoms with E-state index >= 15 is 0 Å². The number of hydrogen-bond acceptors (Lipinski definition) is 4. The highest BCUT2D eigenvalue weighted by Crippen LogP contribution is 2.14. The van der Waals surface area contributed by atoms with Crippen LogP contribution in [0.3, 0.4) is 0 Å². The summed E-state index contributed by atoms with van der Waals surface area (Å²) in [6, 6.07) is 0. The van der Waals surface area contributed by atoms with Gasteiger partial charge in [0.05, 0.1) is 14.2 Å². The minimum absolute atomic E-state index is 0.226. The number of carbonyl (C=O) groups is 2. The molecule has 0 saturated heterocycles. The standard InChI is InChI=1S/2C9H16O2/c2*1-6(2)7(3)8(4)9(10)11-5/h2*6H,1-5H3/b8-7+;8-7-. The van der Waals surface area contributed by atoms with Crippen molar-refractivity contribution in [1.29, 1.82) is 0 Å². The van der Waals surface area contributed by atoms with E-state index in [2.05, 4.69) is 37.2 Å². The summed E-state index contributed by atoms with van der Waals surface area (Å²) >= 11 is 0. The highest BCUT2D eigenvalue weighted by atomic mass is 16.5. The molecule has 0 aromatic heterocycles. The van der Waals surface area contributed by atoms with Crippen LogP contribution in [0.1, 0.15) is 55.4 Å². The van der Waals surface area contributed by atoms with Crippen molar-refractivity contribution in [2.75, 3.05) is 14.2 Å². The van der Waals surface area contributed by atoms with Gasteiger partial charge in [0.15, 0.2) is 0 Å². The number of allylic oxidation sites excluding steroid dienone is 2. The Bertz CT molecular complexity index is 398. The lowest BCUT2D eigenvalue weighted by Crippen LogP contribution is -2.06. The molecule has 0 spiro atoms. The summed E-state index contributed by atoms with van der Waals surface area (Å²) in [5.41, 5.74) is 3.64. The number of carbonyl (C=O) groups excluding carboxylic acids is 2. The molecule has 0 aromatic rings. The highest BCUT2D eigenvalue weighted by Gasteiger charge is 2.09. The Morgan fingerprint density at radius 3 is 1.00 bits per heavy atom. The fourth-order valence-electron chi connectivity index (χ4n) is 1.49. The first-order valence-corrected chi connectivity index (χ1v) is 7.52. The van der Waals surface area contributed by atoms with Gasteiger partial charge in [-0.2, -0.15) is 0 Å². The molecule has 0 aliphatic rings. The molecule has 0 saturated carbocycles. The molecular formula is C18H32O4. The molecule has 22 heavy (non-hydrogen) atoms. The number of esters is 2. The van der Waals surface area contributed by atoms with Gasteiger partial charge < -0.3 is 9.47 Å². The number of hydrogen-bond donors (Lipinski definition) is 0. The first-order valence-electron chi connectivity index (χ1n) is 7.52. The molecule has 128 valence electrons. The van der Waals surface area contributed by atoms with Gasteiger partial charge in [-0.15, -0.1) is 0 Å². The van der Waals surface area contributed by atoms with Gasteiger partial charge in [0.1, 0.15) is 0 Å². The predicted octanol–water partition coefficient (Wildman–Crippen LogP) is 4.30. The summed E-state index contributed by atoms with van der Waals surface area (Å²) in [6.45, 7) is 15.7. The summed E-state index contributed by atoms with van der Waals surface area (Å²) in [5.74, 6) is 0.371. The van der Waals surface area contributed by atoms with E-state index in [4.69, 9.17) is 0 Å². The van der Waals surface area contributed by atoms with Crippen molar-refractivity contribution in [3.63, 3.8) is 0 Å². The Balaban J connectivity index is 0. The van der Waals surface area contributed by atoms with Crippen molar-refractivity contribution < 1.29 is 19.1 Å². The van der Waals surface area contributed by atoms with Crippen LogP contribution in [0.5, 0.6) is 0 Å². The molecule has 0 radical (unpaired) electrons. The molecule has 0 bridgehead atoms. The third-order valence-electron chi connectivity index (χ3n) is 3.90. The number of ether oxygens (including phenoxy) is 2. The molecule has 0 fully saturated rings. The Kier molecular flexibility index (Phi) is 11.4. The van der Waals surface area contributed by atoms with Crippen LogP contribution in [0.25, 0.3) is 0 Å². The molecule has 0 heterocycles. The Labute approximate surface area is 135 Å². The van der Waals surface area contributed by atoms with Crippen LogP contribution in [0.2, 0.25) is 0 Å². The molecule has 0 rings (SSSR count). The van der Waals surface area contributed by atoms with Crippen molar-refractivity contribution in [1.82, 2.24) is 0 Å². The van der Waals surface area contributed by atoms with Gasteiger partial charge in [0.25, 0.3) is 0 Å². The van der Waals surface area contributed by atoms with E-state index in [1.54, 1.807) is 13.8 Å². The second-order valence-corrected chi connectivity index (χ2v) is 5.91. The quantitative estimate of drug-likeness (QED) is 0.573. The second-order valence-electron chi connectivity index (χ2n) is 5.91. The summed E-state index contributed by atoms with van der Waals surface area (Å²) in [7, 11) is 2.80. The van der Waals surface area contributed by atoms with E-state index in [0.717, 1.165) is 22.3 Å². The van der Waals surface area contributed by atoms with Crippen molar-refractivity contribution in [3.8, 4) is 0 Å². The summed E-state index contributed by atoms with van der Waals surface area (Å²) in [4.78, 5) is 22.0. The van der Waals surface area contributed by atoms with Gasteiger partial charge in [0, 0.05) is 11.1 Å². The van der Waals surface area contributed by atoms with Gasteiger partial charge in [-0.1, -0.05) is 38.8 Å². The zero-order valence-corrected chi connectivity index (χ0v) is 15.8. The first-order chi connectivity index (χ1) is 10.0. The zero-order chi connectivity index (χ0) is 18.0. The van der Waals surface area contributed by atoms with E-state index < -0.39 is 0 Å². The lowest BCUT2D eigenvalue weighted by molar-refractivity contribution is -0.137. The van der Waals surface area contributed by atoms with Gasteiger partial charge in [-0.05, 0) is 39.5 Å². The predicted molar refractivity (Wildman–Crippen MR) is 90.5 cm³/mol. The molecule has 0 atom stereocenters. The molecule has 4 nitrogen and oxygen atoms in total. The van der Waals surface area contributed by atoms with Crippen LogP contribution in [-0.2, 0) is 19.1 Å². The van der Waals surface area contributed by atoms with Crippen LogP contribution >= 0.6 is 0 Å². The normalized spacial score (nSPS) is 12.9. The zero-order valence-electron chi connectivity index (χ0n) is 15.8. The van der Waals surface area contributed by atoms with E-state index in [0.29, 0.717) is 11.8 Å². The van der Waals surface area contributed by atoms with Gasteiger partial charge >= 0.3 is 11.9 Å². The molecule has 0 amide bonds. The Morgan fingerprint density at radius 2 is 0.864 bits per heavy atom. The smallest absolute Gasteiger partial charge is 0.333 e. The maximum Gasteiger partial charge on any atom is 0.333 e. The molecule has 0 aliphatic heterocycles. The number of rotatable bonds is 4. The Morgan fingerprint density at radius 1 is 0.636 bits per heavy atom. The lowest BCUT2D eigenvalue weighted by Gasteiger charge is -2.08. The van der Waals surface area contributed by atoms with Crippen LogP contribution in [0, 0.1) is 11.8 Å². The van der Waals surface area contributed by atoms with Crippen molar-refractivity contribution in [3.05, 3.63) is 22.3 Å². The third kappa shape index (κ3) is 8.01. The maximum atomic E-state index is 11.0. The van der Waals surface area contributed by atoms with Gasteiger partial charge in [-0.3, -0.25) is 0 Å². The van der Waals surface area contributed by atoms with Gasteiger partial charge in [-0.25, -0.2) is 9.59 Å². The van der Waals surface area contributed by atoms with Crippen molar-refractivity contribution in [2.24, 2.45) is 11.8 Å². The third-order valence-corrected chi connectivity index (χ3v) is 3.90. The molecule has 0 unspecified atom stereocenters. The largest absolute Gasteiger partial charge is 0.466 e. The van der Waals surface area contributed by atoms with E-state index in [-0.39, 0.29) is 11.9 Å². The van der Waals surface area contributed by atoms with E-state index in [1.807, 2.05) is 13.8 Å². The monoisotopic (exact) mass is 312 g/mol. The molecule has 0 aromatic carbocycles. The fourth-order valence-corrected chi connectivity index (χ4v) is 1.49. The maximum absolute atomic E-state index is 11.0. The molecule has 0 aliphatic carbocycles. The van der Waals surface area contributed by atoms with Crippen LogP contribution in [-0.4, -0.2) is 26.2 Å². The van der Waals surface area contributed by atoms with Crippen molar-refractivity contribution >= 4 is 11.9 Å². The van der Waals surface area contributed by atoms with Crippen LogP contribution in [0.4, 0.5) is 0 Å². The SMILES string of the molecule is COC(=O)/C(C)=C(/C)C(C)C.COC(=O)/C(C)=C(\C)C(C)C. The highest BCUT2D eigenvalue weighted by molar-refractivity contribution is 5.88. The molecule has 0 N–H and O–H groups in total. The van der Waals surface area contributed by atoms with Crippen molar-refractivity contribution in [2.45, 2.75) is 55.4 Å². The fraction of sp³-hybridized carbons (Fsp3) is 0.667. The molecule has 4 heteroatoms. The lowest BCUT2D eigenvalue weighted by atomic mass is 10.0. The second kappa shape index (κ2) is 11.0. The van der Waals surface area contributed by atoms with Crippen LogP contribution in [0.15, 0.2) is 22.3 Å². The Hall–Kier alpha value is -1.58. The minimum Gasteiger partial charge on any atom is -0.466 e. The van der Waals surface area contributed by atoms with Gasteiger partial charge in [0.2, 0.25) is 0 Å². The molecular weight excluding hydrogens is 280 g/mol. The first kappa shape index (κ1) is 22.7. The van der Waals surface area contributed by atoms with E-state index in [9.17, 15) is 9.59 Å². The summed E-state index contributed by atoms with van der Waals surface area (Å²) < 4.78 is 9.17. The van der Waals surface area contributed by atoms with Crippen LogP contribution < -0.4 is 0 Å². The average molecular weight is 312 g/mol. The minimum atomic E-state index is -0.226. The van der Waals surface area contributed by atoms with E-state index in [1.165, 1.54) is 14.2 Å². The number of methoxy groups -OCH3 is 2. The average Bonchev–Trinajstić information content (AvgIpc) is 2.50. The summed E-state index contributed by atoms with van der Waals surface area (Å²) in [6.07, 6.45) is 0. The summed E-state index contributed by atoms with van der Waals surface area (Å²) in [5, 5.41) is 0.